The van der Waals surface area contributed by atoms with Crippen LogP contribution in [0.3, 0.4) is 0 Å². The van der Waals surface area contributed by atoms with Gasteiger partial charge in [0.2, 0.25) is 5.91 Å². The zero-order valence-electron chi connectivity index (χ0n) is 25.5. The van der Waals surface area contributed by atoms with Gasteiger partial charge >= 0.3 is 6.03 Å². The number of piperidine rings is 1. The molecule has 0 saturated carbocycles. The molecule has 5 rings (SSSR count). The van der Waals surface area contributed by atoms with Gasteiger partial charge in [0, 0.05) is 74.4 Å². The normalized spacial score (nSPS) is 16.7. The van der Waals surface area contributed by atoms with E-state index in [9.17, 15) is 14.0 Å². The van der Waals surface area contributed by atoms with Crippen LogP contribution in [-0.4, -0.2) is 70.5 Å². The first kappa shape index (κ1) is 30.3. The molecule has 0 spiro atoms. The number of nitrogens with zero attached hydrogens (tertiary/aromatic N) is 4. The van der Waals surface area contributed by atoms with E-state index in [1.165, 1.54) is 65.6 Å². The van der Waals surface area contributed by atoms with Crippen LogP contribution in [-0.2, 0) is 4.79 Å². The minimum Gasteiger partial charge on any atom is -0.344 e. The summed E-state index contributed by atoms with van der Waals surface area (Å²) in [6.45, 7) is 8.95. The Morgan fingerprint density at radius 1 is 0.881 bits per heavy atom. The number of fused-ring (bicyclic) bond motifs is 1. The number of aromatic nitrogens is 1. The van der Waals surface area contributed by atoms with Crippen LogP contribution in [0.1, 0.15) is 82.7 Å². The topological polar surface area (TPSA) is 48.8 Å². The summed E-state index contributed by atoms with van der Waals surface area (Å²) in [7, 11) is 0. The Balaban J connectivity index is 1.10. The second kappa shape index (κ2) is 14.3. The Morgan fingerprint density at radius 3 is 2.33 bits per heavy atom. The number of imide groups is 1. The van der Waals surface area contributed by atoms with Gasteiger partial charge in [-0.1, -0.05) is 69.2 Å². The van der Waals surface area contributed by atoms with E-state index in [0.717, 1.165) is 56.4 Å². The predicted molar refractivity (Wildman–Crippen MR) is 168 cm³/mol. The van der Waals surface area contributed by atoms with Crippen LogP contribution in [0.15, 0.2) is 48.7 Å². The SMILES string of the molecule is CCCCCCCCCC(=O)N1CCN(CCN2CCC(n3cc(-c4ccc(F)cc4)c4cc(C)ccc43)CC2)C1=O. The van der Waals surface area contributed by atoms with E-state index in [1.54, 1.807) is 0 Å². The van der Waals surface area contributed by atoms with Crippen LogP contribution < -0.4 is 0 Å². The van der Waals surface area contributed by atoms with E-state index in [-0.39, 0.29) is 17.8 Å². The van der Waals surface area contributed by atoms with Crippen LogP contribution in [0.2, 0.25) is 0 Å². The van der Waals surface area contributed by atoms with E-state index >= 15 is 0 Å². The number of unbranched alkanes of at least 4 members (excludes halogenated alkanes) is 6. The summed E-state index contributed by atoms with van der Waals surface area (Å²) in [4.78, 5) is 31.4. The predicted octanol–water partition coefficient (Wildman–Crippen LogP) is 7.80. The van der Waals surface area contributed by atoms with Gasteiger partial charge in [0.05, 0.1) is 0 Å². The van der Waals surface area contributed by atoms with Crippen LogP contribution in [0.5, 0.6) is 0 Å². The van der Waals surface area contributed by atoms with Crippen molar-refractivity contribution in [3.8, 4) is 11.1 Å². The maximum absolute atomic E-state index is 13.6. The zero-order chi connectivity index (χ0) is 29.5. The van der Waals surface area contributed by atoms with Crippen LogP contribution in [0.25, 0.3) is 22.0 Å². The summed E-state index contributed by atoms with van der Waals surface area (Å²) < 4.78 is 16.0. The first-order valence-corrected chi connectivity index (χ1v) is 16.1. The third-order valence-corrected chi connectivity index (χ3v) is 9.17. The van der Waals surface area contributed by atoms with Gasteiger partial charge in [-0.15, -0.1) is 0 Å². The average Bonchev–Trinajstić information content (AvgIpc) is 3.56. The number of hydrogen-bond acceptors (Lipinski definition) is 3. The highest BCUT2D eigenvalue weighted by molar-refractivity contribution is 5.97. The number of carbonyl (C=O) groups excluding carboxylic acids is 2. The monoisotopic (exact) mass is 574 g/mol. The molecular weight excluding hydrogens is 527 g/mol. The first-order chi connectivity index (χ1) is 20.4. The fourth-order valence-corrected chi connectivity index (χ4v) is 6.60. The lowest BCUT2D eigenvalue weighted by Gasteiger charge is -2.34. The lowest BCUT2D eigenvalue weighted by molar-refractivity contribution is -0.127. The molecule has 2 fully saturated rings. The van der Waals surface area contributed by atoms with E-state index in [4.69, 9.17) is 0 Å². The Morgan fingerprint density at radius 2 is 1.60 bits per heavy atom. The van der Waals surface area contributed by atoms with Crippen molar-refractivity contribution in [1.82, 2.24) is 19.3 Å². The lowest BCUT2D eigenvalue weighted by Crippen LogP contribution is -2.42. The molecule has 2 aliphatic heterocycles. The fourth-order valence-electron chi connectivity index (χ4n) is 6.60. The highest BCUT2D eigenvalue weighted by Gasteiger charge is 2.33. The molecule has 3 heterocycles. The minimum atomic E-state index is -0.218. The smallest absolute Gasteiger partial charge is 0.326 e. The number of hydrogen-bond donors (Lipinski definition) is 0. The quantitative estimate of drug-likeness (QED) is 0.196. The highest BCUT2D eigenvalue weighted by atomic mass is 19.1. The number of urea groups is 1. The maximum Gasteiger partial charge on any atom is 0.326 e. The molecule has 2 saturated heterocycles. The molecule has 2 aliphatic rings. The van der Waals surface area contributed by atoms with Crippen molar-refractivity contribution < 1.29 is 14.0 Å². The molecule has 0 bridgehead atoms. The molecule has 42 heavy (non-hydrogen) atoms. The molecule has 1 aromatic heterocycles. The lowest BCUT2D eigenvalue weighted by atomic mass is 10.0. The average molecular weight is 575 g/mol. The van der Waals surface area contributed by atoms with Crippen molar-refractivity contribution in [1.29, 1.82) is 0 Å². The van der Waals surface area contributed by atoms with E-state index in [1.807, 2.05) is 17.0 Å². The third-order valence-electron chi connectivity index (χ3n) is 9.17. The zero-order valence-corrected chi connectivity index (χ0v) is 25.5. The van der Waals surface area contributed by atoms with Crippen LogP contribution in [0, 0.1) is 12.7 Å². The summed E-state index contributed by atoms with van der Waals surface area (Å²) in [5, 5.41) is 1.21. The van der Waals surface area contributed by atoms with Gasteiger partial charge in [0.15, 0.2) is 0 Å². The van der Waals surface area contributed by atoms with Crippen molar-refractivity contribution in [3.05, 3.63) is 60.0 Å². The number of rotatable bonds is 13. The summed E-state index contributed by atoms with van der Waals surface area (Å²) in [5.74, 6) is -0.226. The fraction of sp³-hybridized carbons (Fsp3) is 0.543. The Hall–Kier alpha value is -3.19. The molecule has 226 valence electrons. The number of likely N-dealkylation sites (tertiary alicyclic amines) is 1. The summed E-state index contributed by atoms with van der Waals surface area (Å²) in [6, 6.07) is 13.7. The van der Waals surface area contributed by atoms with Crippen molar-refractivity contribution in [2.75, 3.05) is 39.3 Å². The van der Waals surface area contributed by atoms with Crippen molar-refractivity contribution in [3.63, 3.8) is 0 Å². The number of carbonyl (C=O) groups is 2. The molecule has 6 nitrogen and oxygen atoms in total. The molecule has 7 heteroatoms. The van der Waals surface area contributed by atoms with E-state index in [0.29, 0.717) is 32.1 Å². The molecular formula is C35H47FN4O2. The summed E-state index contributed by atoms with van der Waals surface area (Å²) in [6.07, 6.45) is 13.0. The van der Waals surface area contributed by atoms with Crippen molar-refractivity contribution in [2.45, 2.75) is 84.1 Å². The van der Waals surface area contributed by atoms with Crippen molar-refractivity contribution >= 4 is 22.8 Å². The van der Waals surface area contributed by atoms with E-state index in [2.05, 4.69) is 47.7 Å². The standard InChI is InChI=1S/C35H47FN4O2/c1-3-4-5-6-7-8-9-10-34(41)39-24-23-38(35(39)42)22-21-37-19-17-30(18-20-37)40-26-32(28-12-14-29(36)15-13-28)31-25-27(2)11-16-33(31)40/h11-16,25-26,30H,3-10,17-24H2,1-2H3. The highest BCUT2D eigenvalue weighted by Crippen LogP contribution is 2.36. The van der Waals surface area contributed by atoms with Crippen LogP contribution >= 0.6 is 0 Å². The summed E-state index contributed by atoms with van der Waals surface area (Å²) >= 11 is 0. The van der Waals surface area contributed by atoms with Gasteiger partial charge in [0.25, 0.3) is 0 Å². The van der Waals surface area contributed by atoms with Gasteiger partial charge in [-0.3, -0.25) is 9.69 Å². The Labute approximate surface area is 250 Å². The molecule has 0 atom stereocenters. The Kier molecular flexibility index (Phi) is 10.3. The molecule has 2 aromatic carbocycles. The second-order valence-electron chi connectivity index (χ2n) is 12.2. The van der Waals surface area contributed by atoms with Gasteiger partial charge in [-0.25, -0.2) is 9.18 Å². The summed E-state index contributed by atoms with van der Waals surface area (Å²) in [5.41, 5.74) is 4.62. The van der Waals surface area contributed by atoms with Crippen LogP contribution in [0.4, 0.5) is 9.18 Å². The molecule has 3 aromatic rings. The molecule has 0 unspecified atom stereocenters. The third kappa shape index (κ3) is 7.23. The first-order valence-electron chi connectivity index (χ1n) is 16.1. The molecule has 0 aliphatic carbocycles. The molecule has 3 amide bonds. The minimum absolute atomic E-state index is 0.00831. The number of benzene rings is 2. The van der Waals surface area contributed by atoms with Gasteiger partial charge in [-0.2, -0.15) is 0 Å². The van der Waals surface area contributed by atoms with E-state index < -0.39 is 0 Å². The van der Waals surface area contributed by atoms with Crippen molar-refractivity contribution in [2.24, 2.45) is 0 Å². The number of halogens is 1. The molecule has 0 N–H and O–H groups in total. The number of aryl methyl sites for hydroxylation is 1. The molecule has 0 radical (unpaired) electrons. The number of amides is 3. The van der Waals surface area contributed by atoms with Gasteiger partial charge in [-0.05, 0) is 56.0 Å². The largest absolute Gasteiger partial charge is 0.344 e. The second-order valence-corrected chi connectivity index (χ2v) is 12.2. The van der Waals surface area contributed by atoms with Gasteiger partial charge < -0.3 is 14.4 Å². The Bertz CT molecular complexity index is 1340. The van der Waals surface area contributed by atoms with Gasteiger partial charge in [0.1, 0.15) is 5.82 Å². The maximum atomic E-state index is 13.6.